The second-order valence-electron chi connectivity index (χ2n) is 8.75. The maximum absolute atomic E-state index is 12.8. The number of nitrogens with one attached hydrogen (secondary N) is 2. The molecule has 0 spiro atoms. The highest BCUT2D eigenvalue weighted by atomic mass is 16.2. The minimum atomic E-state index is -0.315. The van der Waals surface area contributed by atoms with E-state index in [-0.39, 0.29) is 41.5 Å². The van der Waals surface area contributed by atoms with E-state index in [1.807, 2.05) is 18.2 Å². The molecule has 5 nitrogen and oxygen atoms in total. The number of hydrogen-bond donors (Lipinski definition) is 2. The van der Waals surface area contributed by atoms with Gasteiger partial charge in [-0.15, -0.1) is 0 Å². The summed E-state index contributed by atoms with van der Waals surface area (Å²) in [6, 6.07) is 15.7. The van der Waals surface area contributed by atoms with Gasteiger partial charge in [0.1, 0.15) is 0 Å². The average Bonchev–Trinajstić information content (AvgIpc) is 3.01. The third-order valence-corrected chi connectivity index (χ3v) is 6.19. The highest BCUT2D eigenvalue weighted by molar-refractivity contribution is 6.03. The SMILES string of the molecule is CC1(C)CCC(NC(=O)c2ccc(CC3CC(=O)NC3=O)cc2)c2ccccc21. The molecule has 4 rings (SSSR count). The largest absolute Gasteiger partial charge is 0.345 e. The van der Waals surface area contributed by atoms with Crippen LogP contribution in [0.25, 0.3) is 0 Å². The van der Waals surface area contributed by atoms with Gasteiger partial charge in [0.2, 0.25) is 11.8 Å². The van der Waals surface area contributed by atoms with E-state index >= 15 is 0 Å². The van der Waals surface area contributed by atoms with Crippen molar-refractivity contribution in [2.24, 2.45) is 5.92 Å². The van der Waals surface area contributed by atoms with Crippen LogP contribution in [0.1, 0.15) is 66.2 Å². The predicted octanol–water partition coefficient (Wildman–Crippen LogP) is 3.43. The van der Waals surface area contributed by atoms with E-state index in [1.54, 1.807) is 12.1 Å². The molecule has 0 radical (unpaired) electrons. The summed E-state index contributed by atoms with van der Waals surface area (Å²) in [4.78, 5) is 35.9. The fourth-order valence-corrected chi connectivity index (χ4v) is 4.45. The Morgan fingerprint density at radius 2 is 1.83 bits per heavy atom. The molecule has 3 amide bonds. The lowest BCUT2D eigenvalue weighted by Gasteiger charge is -2.37. The van der Waals surface area contributed by atoms with Crippen LogP contribution in [0.3, 0.4) is 0 Å². The molecule has 2 aromatic rings. The van der Waals surface area contributed by atoms with Crippen LogP contribution in [0.2, 0.25) is 0 Å². The van der Waals surface area contributed by atoms with Crippen LogP contribution in [0.15, 0.2) is 48.5 Å². The Morgan fingerprint density at radius 3 is 2.52 bits per heavy atom. The van der Waals surface area contributed by atoms with E-state index in [0.717, 1.165) is 18.4 Å². The Labute approximate surface area is 170 Å². The van der Waals surface area contributed by atoms with Gasteiger partial charge in [0, 0.05) is 12.0 Å². The number of imide groups is 1. The van der Waals surface area contributed by atoms with Crippen molar-refractivity contribution in [3.05, 3.63) is 70.8 Å². The summed E-state index contributed by atoms with van der Waals surface area (Å²) in [6.45, 7) is 4.50. The van der Waals surface area contributed by atoms with Crippen LogP contribution < -0.4 is 10.6 Å². The maximum atomic E-state index is 12.8. The number of amides is 3. The molecule has 0 aromatic heterocycles. The third kappa shape index (κ3) is 3.95. The highest BCUT2D eigenvalue weighted by Gasteiger charge is 2.33. The van der Waals surface area contributed by atoms with Crippen molar-refractivity contribution in [2.75, 3.05) is 0 Å². The van der Waals surface area contributed by atoms with Gasteiger partial charge in [-0.3, -0.25) is 19.7 Å². The van der Waals surface area contributed by atoms with Gasteiger partial charge in [-0.2, -0.15) is 0 Å². The van der Waals surface area contributed by atoms with Crippen LogP contribution in [0, 0.1) is 5.92 Å². The molecule has 1 saturated heterocycles. The summed E-state index contributed by atoms with van der Waals surface area (Å²) in [7, 11) is 0. The Bertz CT molecular complexity index is 962. The molecule has 2 unspecified atom stereocenters. The zero-order valence-electron chi connectivity index (χ0n) is 16.8. The Balaban J connectivity index is 1.44. The zero-order valence-corrected chi connectivity index (χ0v) is 16.8. The van der Waals surface area contributed by atoms with Gasteiger partial charge in [0.25, 0.3) is 5.91 Å². The smallest absolute Gasteiger partial charge is 0.251 e. The first-order valence-corrected chi connectivity index (χ1v) is 10.2. The number of fused-ring (bicyclic) bond motifs is 1. The molecule has 150 valence electrons. The lowest BCUT2D eigenvalue weighted by atomic mass is 9.71. The molecule has 1 heterocycles. The van der Waals surface area contributed by atoms with Crippen molar-refractivity contribution >= 4 is 17.7 Å². The Morgan fingerprint density at radius 1 is 1.10 bits per heavy atom. The van der Waals surface area contributed by atoms with Gasteiger partial charge in [0.05, 0.1) is 12.0 Å². The minimum absolute atomic E-state index is 0.0135. The fourth-order valence-electron chi connectivity index (χ4n) is 4.45. The van der Waals surface area contributed by atoms with Crippen LogP contribution in [0.4, 0.5) is 0 Å². The van der Waals surface area contributed by atoms with Gasteiger partial charge in [-0.1, -0.05) is 50.2 Å². The quantitative estimate of drug-likeness (QED) is 0.786. The summed E-state index contributed by atoms with van der Waals surface area (Å²) < 4.78 is 0. The van der Waals surface area contributed by atoms with E-state index in [4.69, 9.17) is 0 Å². The van der Waals surface area contributed by atoms with E-state index in [9.17, 15) is 14.4 Å². The Hall–Kier alpha value is -2.95. The molecule has 2 N–H and O–H groups in total. The maximum Gasteiger partial charge on any atom is 0.251 e. The number of rotatable bonds is 4. The molecular weight excluding hydrogens is 364 g/mol. The van der Waals surface area contributed by atoms with Gasteiger partial charge >= 0.3 is 0 Å². The van der Waals surface area contributed by atoms with Crippen LogP contribution in [-0.4, -0.2) is 17.7 Å². The lowest BCUT2D eigenvalue weighted by molar-refractivity contribution is -0.125. The molecule has 1 aliphatic heterocycles. The van der Waals surface area contributed by atoms with Crippen molar-refractivity contribution in [1.29, 1.82) is 0 Å². The van der Waals surface area contributed by atoms with Gasteiger partial charge < -0.3 is 5.32 Å². The molecule has 2 atom stereocenters. The lowest BCUT2D eigenvalue weighted by Crippen LogP contribution is -2.35. The van der Waals surface area contributed by atoms with Crippen LogP contribution >= 0.6 is 0 Å². The standard InChI is InChI=1S/C24H26N2O3/c1-24(2)12-11-20(18-5-3-4-6-19(18)24)25-22(28)16-9-7-15(8-10-16)13-17-14-21(27)26-23(17)29/h3-10,17,20H,11-14H2,1-2H3,(H,25,28)(H,26,27,29). The molecule has 1 fully saturated rings. The minimum Gasteiger partial charge on any atom is -0.345 e. The number of benzene rings is 2. The molecule has 2 aliphatic rings. The molecule has 0 bridgehead atoms. The van der Waals surface area contributed by atoms with Crippen molar-refractivity contribution in [1.82, 2.24) is 10.6 Å². The van der Waals surface area contributed by atoms with Crippen molar-refractivity contribution < 1.29 is 14.4 Å². The third-order valence-electron chi connectivity index (χ3n) is 6.19. The topological polar surface area (TPSA) is 75.3 Å². The zero-order chi connectivity index (χ0) is 20.6. The average molecular weight is 390 g/mol. The fraction of sp³-hybridized carbons (Fsp3) is 0.375. The van der Waals surface area contributed by atoms with Gasteiger partial charge in [-0.25, -0.2) is 0 Å². The molecule has 2 aromatic carbocycles. The monoisotopic (exact) mass is 390 g/mol. The van der Waals surface area contributed by atoms with E-state index in [2.05, 4.69) is 42.7 Å². The number of hydrogen-bond acceptors (Lipinski definition) is 3. The molecular formula is C24H26N2O3. The molecule has 29 heavy (non-hydrogen) atoms. The number of carbonyl (C=O) groups excluding carboxylic acids is 3. The van der Waals surface area contributed by atoms with E-state index in [0.29, 0.717) is 12.0 Å². The number of carbonyl (C=O) groups is 3. The van der Waals surface area contributed by atoms with E-state index in [1.165, 1.54) is 11.1 Å². The van der Waals surface area contributed by atoms with Gasteiger partial charge in [-0.05, 0) is 53.5 Å². The van der Waals surface area contributed by atoms with Crippen molar-refractivity contribution in [2.45, 2.75) is 51.0 Å². The molecule has 0 saturated carbocycles. The van der Waals surface area contributed by atoms with Crippen molar-refractivity contribution in [3.8, 4) is 0 Å². The second kappa shape index (κ2) is 7.47. The predicted molar refractivity (Wildman–Crippen MR) is 110 cm³/mol. The first-order chi connectivity index (χ1) is 13.8. The summed E-state index contributed by atoms with van der Waals surface area (Å²) in [5.74, 6) is -0.836. The van der Waals surface area contributed by atoms with Crippen LogP contribution in [-0.2, 0) is 21.4 Å². The first-order valence-electron chi connectivity index (χ1n) is 10.2. The first kappa shape index (κ1) is 19.4. The molecule has 5 heteroatoms. The van der Waals surface area contributed by atoms with Crippen LogP contribution in [0.5, 0.6) is 0 Å². The summed E-state index contributed by atoms with van der Waals surface area (Å²) in [5, 5.41) is 5.52. The summed E-state index contributed by atoms with van der Waals surface area (Å²) in [5.41, 5.74) is 4.17. The molecule has 1 aliphatic carbocycles. The second-order valence-corrected chi connectivity index (χ2v) is 8.75. The highest BCUT2D eigenvalue weighted by Crippen LogP contribution is 2.41. The summed E-state index contributed by atoms with van der Waals surface area (Å²) in [6.07, 6.45) is 2.68. The van der Waals surface area contributed by atoms with E-state index < -0.39 is 0 Å². The van der Waals surface area contributed by atoms with Crippen molar-refractivity contribution in [3.63, 3.8) is 0 Å². The summed E-state index contributed by atoms with van der Waals surface area (Å²) >= 11 is 0. The Kier molecular flexibility index (Phi) is 4.99. The normalized spacial score (nSPS) is 22.7. The van der Waals surface area contributed by atoms with Gasteiger partial charge in [0.15, 0.2) is 0 Å².